The molecule has 1 heterocycles. The van der Waals surface area contributed by atoms with Gasteiger partial charge >= 0.3 is 12.1 Å². The minimum absolute atomic E-state index is 0.0907. The van der Waals surface area contributed by atoms with Crippen molar-refractivity contribution in [3.8, 4) is 0 Å². The van der Waals surface area contributed by atoms with E-state index < -0.39 is 17.7 Å². The van der Waals surface area contributed by atoms with Gasteiger partial charge in [-0.15, -0.1) is 0 Å². The topological polar surface area (TPSA) is 49.8 Å². The van der Waals surface area contributed by atoms with Gasteiger partial charge in [0, 0.05) is 19.6 Å². The van der Waals surface area contributed by atoms with Crippen molar-refractivity contribution in [2.45, 2.75) is 38.3 Å². The summed E-state index contributed by atoms with van der Waals surface area (Å²) in [5.74, 6) is -1.37. The van der Waals surface area contributed by atoms with Crippen LogP contribution in [0, 0.1) is 0 Å². The number of rotatable bonds is 6. The van der Waals surface area contributed by atoms with Gasteiger partial charge in [0.1, 0.15) is 0 Å². The number of alkyl halides is 3. The Hall–Kier alpha value is -2.38. The number of carboxylic acids is 1. The Morgan fingerprint density at radius 2 is 1.79 bits per heavy atom. The molecule has 150 valence electrons. The van der Waals surface area contributed by atoms with Crippen molar-refractivity contribution in [3.05, 3.63) is 70.8 Å². The molecule has 0 aliphatic carbocycles. The first-order chi connectivity index (χ1) is 13.3. The number of hydrogen-bond donors (Lipinski definition) is 1. The van der Waals surface area contributed by atoms with Crippen LogP contribution in [0.3, 0.4) is 0 Å². The third-order valence-corrected chi connectivity index (χ3v) is 4.92. The van der Waals surface area contributed by atoms with E-state index in [9.17, 15) is 18.0 Å². The minimum Gasteiger partial charge on any atom is -0.478 e. The summed E-state index contributed by atoms with van der Waals surface area (Å²) in [4.78, 5) is 12.9. The third-order valence-electron chi connectivity index (χ3n) is 4.92. The Labute approximate surface area is 161 Å². The van der Waals surface area contributed by atoms with Gasteiger partial charge in [-0.25, -0.2) is 4.79 Å². The number of halogens is 3. The number of likely N-dealkylation sites (tertiary alicyclic amines) is 1. The second-order valence-electron chi connectivity index (χ2n) is 6.95. The van der Waals surface area contributed by atoms with E-state index in [1.165, 1.54) is 12.1 Å². The fourth-order valence-electron chi connectivity index (χ4n) is 3.37. The van der Waals surface area contributed by atoms with Gasteiger partial charge in [0.25, 0.3) is 0 Å². The van der Waals surface area contributed by atoms with Crippen molar-refractivity contribution in [2.75, 3.05) is 13.1 Å². The molecule has 0 unspecified atom stereocenters. The average molecular weight is 393 g/mol. The summed E-state index contributed by atoms with van der Waals surface area (Å²) in [5, 5.41) is 8.96. The van der Waals surface area contributed by atoms with Crippen molar-refractivity contribution < 1.29 is 27.8 Å². The highest BCUT2D eigenvalue weighted by Gasteiger charge is 2.34. The highest BCUT2D eigenvalue weighted by Crippen LogP contribution is 2.34. The Bertz CT molecular complexity index is 800. The largest absolute Gasteiger partial charge is 0.478 e. The van der Waals surface area contributed by atoms with E-state index in [4.69, 9.17) is 9.84 Å². The quantitative estimate of drug-likeness (QED) is 0.780. The first-order valence-electron chi connectivity index (χ1n) is 9.14. The van der Waals surface area contributed by atoms with E-state index in [1.54, 1.807) is 0 Å². The molecule has 0 saturated carbocycles. The van der Waals surface area contributed by atoms with E-state index in [2.05, 4.69) is 0 Å². The third kappa shape index (κ3) is 5.33. The van der Waals surface area contributed by atoms with Gasteiger partial charge in [0.2, 0.25) is 0 Å². The summed E-state index contributed by atoms with van der Waals surface area (Å²) in [6.45, 7) is 1.94. The number of ether oxygens (including phenoxy) is 1. The van der Waals surface area contributed by atoms with Gasteiger partial charge in [-0.1, -0.05) is 36.4 Å². The molecular formula is C21H22F3NO3. The van der Waals surface area contributed by atoms with Crippen LogP contribution >= 0.6 is 0 Å². The number of hydrogen-bond acceptors (Lipinski definition) is 3. The Kier molecular flexibility index (Phi) is 6.36. The summed E-state index contributed by atoms with van der Waals surface area (Å²) in [6, 6.07) is 13.0. The SMILES string of the molecule is O=C(O)c1ccc(CN2CCC(OCc3ccccc3)CC2)c(C(F)(F)F)c1. The summed E-state index contributed by atoms with van der Waals surface area (Å²) < 4.78 is 45.9. The minimum atomic E-state index is -4.59. The fraction of sp³-hybridized carbons (Fsp3) is 0.381. The molecule has 0 radical (unpaired) electrons. The fourth-order valence-corrected chi connectivity index (χ4v) is 3.37. The molecule has 0 aromatic heterocycles. The van der Waals surface area contributed by atoms with E-state index in [-0.39, 0.29) is 23.8 Å². The van der Waals surface area contributed by atoms with Gasteiger partial charge in [-0.2, -0.15) is 13.2 Å². The van der Waals surface area contributed by atoms with Crippen molar-refractivity contribution in [1.82, 2.24) is 4.90 Å². The molecule has 2 aromatic rings. The lowest BCUT2D eigenvalue weighted by Crippen LogP contribution is -2.37. The molecule has 0 amide bonds. The number of carbonyl (C=O) groups is 1. The highest BCUT2D eigenvalue weighted by molar-refractivity contribution is 5.88. The molecule has 3 rings (SSSR count). The molecule has 1 aliphatic rings. The number of aromatic carboxylic acids is 1. The second-order valence-corrected chi connectivity index (χ2v) is 6.95. The maximum Gasteiger partial charge on any atom is 0.416 e. The Morgan fingerprint density at radius 3 is 2.39 bits per heavy atom. The Morgan fingerprint density at radius 1 is 1.11 bits per heavy atom. The lowest BCUT2D eigenvalue weighted by atomic mass is 10.0. The number of carboxylic acid groups (broad SMARTS) is 1. The average Bonchev–Trinajstić information content (AvgIpc) is 2.67. The summed E-state index contributed by atoms with van der Waals surface area (Å²) in [5.41, 5.74) is -0.0432. The van der Waals surface area contributed by atoms with Crippen LogP contribution in [0.4, 0.5) is 13.2 Å². The summed E-state index contributed by atoms with van der Waals surface area (Å²) in [6.07, 6.45) is -2.99. The van der Waals surface area contributed by atoms with Crippen LogP contribution in [0.1, 0.15) is 39.9 Å². The standard InChI is InChI=1S/C21H22F3NO3/c22-21(23,24)19-12-16(20(26)27)6-7-17(19)13-25-10-8-18(9-11-25)28-14-15-4-2-1-3-5-15/h1-7,12,18H,8-11,13-14H2,(H,26,27). The normalized spacial score (nSPS) is 16.2. The highest BCUT2D eigenvalue weighted by atomic mass is 19.4. The predicted octanol–water partition coefficient (Wildman–Crippen LogP) is 4.58. The van der Waals surface area contributed by atoms with Crippen molar-refractivity contribution in [2.24, 2.45) is 0 Å². The smallest absolute Gasteiger partial charge is 0.416 e. The number of piperidine rings is 1. The molecule has 1 aliphatic heterocycles. The lowest BCUT2D eigenvalue weighted by Gasteiger charge is -2.32. The van der Waals surface area contributed by atoms with Crippen LogP contribution in [0.15, 0.2) is 48.5 Å². The van der Waals surface area contributed by atoms with Crippen LogP contribution in [0.2, 0.25) is 0 Å². The van der Waals surface area contributed by atoms with Crippen molar-refractivity contribution in [1.29, 1.82) is 0 Å². The Balaban J connectivity index is 1.58. The number of nitrogens with zero attached hydrogens (tertiary/aromatic N) is 1. The molecule has 1 N–H and O–H groups in total. The summed E-state index contributed by atoms with van der Waals surface area (Å²) in [7, 11) is 0. The lowest BCUT2D eigenvalue weighted by molar-refractivity contribution is -0.138. The zero-order valence-electron chi connectivity index (χ0n) is 15.3. The van der Waals surface area contributed by atoms with Gasteiger partial charge in [-0.3, -0.25) is 4.90 Å². The molecule has 0 bridgehead atoms. The van der Waals surface area contributed by atoms with Gasteiger partial charge in [0.15, 0.2) is 0 Å². The van der Waals surface area contributed by atoms with Gasteiger partial charge < -0.3 is 9.84 Å². The van der Waals surface area contributed by atoms with E-state index in [0.29, 0.717) is 25.8 Å². The van der Waals surface area contributed by atoms with Gasteiger partial charge in [-0.05, 0) is 36.1 Å². The maximum atomic E-state index is 13.3. The molecule has 0 spiro atoms. The monoisotopic (exact) mass is 393 g/mol. The van der Waals surface area contributed by atoms with Crippen molar-refractivity contribution in [3.63, 3.8) is 0 Å². The van der Waals surface area contributed by atoms with Crippen LogP contribution in [-0.4, -0.2) is 35.2 Å². The number of benzene rings is 2. The van der Waals surface area contributed by atoms with Crippen molar-refractivity contribution >= 4 is 5.97 Å². The van der Waals surface area contributed by atoms with Crippen LogP contribution in [0.5, 0.6) is 0 Å². The molecule has 2 aromatic carbocycles. The zero-order valence-corrected chi connectivity index (χ0v) is 15.3. The zero-order chi connectivity index (χ0) is 20.1. The van der Waals surface area contributed by atoms with E-state index in [0.717, 1.165) is 18.4 Å². The molecule has 0 atom stereocenters. The first-order valence-corrected chi connectivity index (χ1v) is 9.14. The molecule has 1 saturated heterocycles. The molecule has 1 fully saturated rings. The van der Waals surface area contributed by atoms with Crippen LogP contribution < -0.4 is 0 Å². The molecule has 7 heteroatoms. The molecule has 28 heavy (non-hydrogen) atoms. The van der Waals surface area contributed by atoms with E-state index in [1.807, 2.05) is 35.2 Å². The maximum absolute atomic E-state index is 13.3. The first kappa shape index (κ1) is 20.4. The molecular weight excluding hydrogens is 371 g/mol. The predicted molar refractivity (Wildman–Crippen MR) is 97.9 cm³/mol. The van der Waals surface area contributed by atoms with Crippen LogP contribution in [0.25, 0.3) is 0 Å². The van der Waals surface area contributed by atoms with E-state index >= 15 is 0 Å². The van der Waals surface area contributed by atoms with Gasteiger partial charge in [0.05, 0.1) is 23.8 Å². The molecule has 4 nitrogen and oxygen atoms in total. The summed E-state index contributed by atoms with van der Waals surface area (Å²) >= 11 is 0. The van der Waals surface area contributed by atoms with Crippen LogP contribution in [-0.2, 0) is 24.1 Å². The second kappa shape index (κ2) is 8.75.